The molecule has 0 saturated heterocycles. The molecule has 9 nitrogen and oxygen atoms in total. The van der Waals surface area contributed by atoms with Crippen molar-refractivity contribution in [3.05, 3.63) is 113 Å². The van der Waals surface area contributed by atoms with Crippen LogP contribution in [0.3, 0.4) is 0 Å². The van der Waals surface area contributed by atoms with Gasteiger partial charge in [0.15, 0.2) is 5.76 Å². The Kier molecular flexibility index (Phi) is 5.49. The molecule has 1 aliphatic carbocycles. The summed E-state index contributed by atoms with van der Waals surface area (Å²) in [5.41, 5.74) is 0.143. The Labute approximate surface area is 204 Å². The van der Waals surface area contributed by atoms with Crippen LogP contribution in [0.1, 0.15) is 55.1 Å². The maximum Gasteiger partial charge on any atom is 0.371 e. The summed E-state index contributed by atoms with van der Waals surface area (Å²) in [6.45, 7) is 1.96. The van der Waals surface area contributed by atoms with E-state index in [4.69, 9.17) is 14.3 Å². The number of carboxylic acids is 1. The van der Waals surface area contributed by atoms with E-state index in [9.17, 15) is 19.5 Å². The minimum absolute atomic E-state index is 0.0231. The average Bonchev–Trinajstić information content (AvgIpc) is 3.67. The Bertz CT molecular complexity index is 1460. The fraction of sp³-hybridized carbons (Fsp3) is 0.148. The van der Waals surface area contributed by atoms with E-state index < -0.39 is 29.0 Å². The number of hydrogen-bond acceptors (Lipinski definition) is 7. The van der Waals surface area contributed by atoms with Crippen molar-refractivity contribution < 1.29 is 38.2 Å². The second kappa shape index (κ2) is 8.54. The van der Waals surface area contributed by atoms with Crippen LogP contribution in [0.15, 0.2) is 88.1 Å². The quantitative estimate of drug-likeness (QED) is 0.394. The number of nitrogens with one attached hydrogen (secondary N) is 1. The van der Waals surface area contributed by atoms with Gasteiger partial charge in [-0.25, -0.2) is 4.79 Å². The molecule has 0 bridgehead atoms. The lowest BCUT2D eigenvalue weighted by Crippen LogP contribution is -2.60. The summed E-state index contributed by atoms with van der Waals surface area (Å²) in [6.07, 6.45) is 3.35. The number of aromatic carboxylic acids is 1. The second-order valence-corrected chi connectivity index (χ2v) is 8.23. The number of fused-ring (bicyclic) bond motifs is 5. The predicted octanol–water partition coefficient (Wildman–Crippen LogP) is 3.88. The van der Waals surface area contributed by atoms with Gasteiger partial charge in [-0.15, -0.1) is 0 Å². The zero-order chi connectivity index (χ0) is 25.5. The number of amides is 1. The first-order valence-corrected chi connectivity index (χ1v) is 11.1. The van der Waals surface area contributed by atoms with Crippen molar-refractivity contribution in [3.63, 3.8) is 0 Å². The Morgan fingerprint density at radius 2 is 1.56 bits per heavy atom. The van der Waals surface area contributed by atoms with Gasteiger partial charge in [-0.2, -0.15) is 0 Å². The van der Waals surface area contributed by atoms with E-state index in [1.54, 1.807) is 42.5 Å². The van der Waals surface area contributed by atoms with Gasteiger partial charge in [0.2, 0.25) is 17.1 Å². The maximum atomic E-state index is 13.6. The first-order valence-electron chi connectivity index (χ1n) is 11.1. The lowest BCUT2D eigenvalue weighted by Gasteiger charge is -2.34. The molecule has 2 atom stereocenters. The Hall–Kier alpha value is -4.63. The summed E-state index contributed by atoms with van der Waals surface area (Å²) in [5, 5.41) is 22.6. The molecule has 0 saturated carbocycles. The molecule has 2 aliphatic rings. The van der Waals surface area contributed by atoms with Crippen molar-refractivity contribution in [2.45, 2.75) is 24.7 Å². The minimum Gasteiger partial charge on any atom is -0.475 e. The third-order valence-corrected chi connectivity index (χ3v) is 6.29. The van der Waals surface area contributed by atoms with E-state index in [-0.39, 0.29) is 11.5 Å². The van der Waals surface area contributed by atoms with E-state index in [1.165, 1.54) is 30.7 Å². The minimum atomic E-state index is -2.05. The normalized spacial score (nSPS) is 20.9. The van der Waals surface area contributed by atoms with Crippen LogP contribution in [-0.4, -0.2) is 27.9 Å². The summed E-state index contributed by atoms with van der Waals surface area (Å²) >= 11 is 0. The summed E-state index contributed by atoms with van der Waals surface area (Å²) in [7, 11) is 0. The van der Waals surface area contributed by atoms with Crippen molar-refractivity contribution in [1.29, 1.82) is 0 Å². The van der Waals surface area contributed by atoms with Crippen molar-refractivity contribution >= 4 is 17.7 Å². The monoisotopic (exact) mass is 487 g/mol. The topological polar surface area (TPSA) is 139 Å². The van der Waals surface area contributed by atoms with Crippen molar-refractivity contribution in [2.75, 3.05) is 0 Å². The van der Waals surface area contributed by atoms with Crippen LogP contribution in [0.4, 0.5) is 0 Å². The van der Waals surface area contributed by atoms with Crippen LogP contribution < -0.4 is 10.1 Å². The first kappa shape index (κ1) is 23.1. The number of rotatable bonds is 4. The number of ketones is 1. The van der Waals surface area contributed by atoms with Gasteiger partial charge in [0.1, 0.15) is 5.75 Å². The fourth-order valence-electron chi connectivity index (χ4n) is 4.65. The highest BCUT2D eigenvalue weighted by atomic mass is 16.6. The van der Waals surface area contributed by atoms with Crippen LogP contribution >= 0.6 is 0 Å². The molecule has 0 fully saturated rings. The van der Waals surface area contributed by atoms with Crippen LogP contribution in [0.25, 0.3) is 0 Å². The molecule has 3 N–H and O–H groups in total. The summed E-state index contributed by atoms with van der Waals surface area (Å²) in [6, 6.07) is 18.1. The van der Waals surface area contributed by atoms with E-state index in [1.807, 2.05) is 13.0 Å². The van der Waals surface area contributed by atoms with Gasteiger partial charge in [-0.05, 0) is 36.2 Å². The Morgan fingerprint density at radius 1 is 0.889 bits per heavy atom. The molecule has 1 amide bonds. The fourth-order valence-corrected chi connectivity index (χ4v) is 4.65. The van der Waals surface area contributed by atoms with Gasteiger partial charge in [0.25, 0.3) is 11.7 Å². The Morgan fingerprint density at radius 3 is 2.17 bits per heavy atom. The number of carbonyl (C=O) groups excluding carboxylic acids is 2. The third-order valence-electron chi connectivity index (χ3n) is 6.29. The molecule has 6 rings (SSSR count). The number of carboxylic acid groups (broad SMARTS) is 1. The Balaban J connectivity index is 0.000000286. The van der Waals surface area contributed by atoms with E-state index in [0.717, 1.165) is 5.56 Å². The molecule has 4 aromatic rings. The molecule has 36 heavy (non-hydrogen) atoms. The smallest absolute Gasteiger partial charge is 0.371 e. The van der Waals surface area contributed by atoms with Gasteiger partial charge in [0.05, 0.1) is 12.5 Å². The van der Waals surface area contributed by atoms with Crippen LogP contribution in [-0.2, 0) is 17.7 Å². The first-order chi connectivity index (χ1) is 17.3. The van der Waals surface area contributed by atoms with Crippen molar-refractivity contribution in [3.8, 4) is 5.75 Å². The maximum absolute atomic E-state index is 13.6. The van der Waals surface area contributed by atoms with E-state index in [0.29, 0.717) is 28.9 Å². The lowest BCUT2D eigenvalue weighted by molar-refractivity contribution is -0.169. The predicted molar refractivity (Wildman–Crippen MR) is 125 cm³/mol. The number of furan rings is 2. The van der Waals surface area contributed by atoms with Gasteiger partial charge < -0.3 is 29.1 Å². The van der Waals surface area contributed by atoms with Crippen LogP contribution in [0.5, 0.6) is 5.75 Å². The van der Waals surface area contributed by atoms with Crippen molar-refractivity contribution in [1.82, 2.24) is 5.32 Å². The standard InChI is InChI=1S/C22H17NO5.C5H4O3/c1-2-13-7-5-10-16-18(13)28-22(26)15-9-4-3-8-14(15)19(24)21(16,22)23-20(25)17-11-6-12-27-17;6-5(7)4-2-1-3-8-4/h3-12,26H,2H2,1H3,(H,23,25);1-3H,(H,6,7). The highest BCUT2D eigenvalue weighted by molar-refractivity contribution is 6.13. The van der Waals surface area contributed by atoms with E-state index in [2.05, 4.69) is 9.73 Å². The number of aryl methyl sites for hydroxylation is 1. The molecule has 0 radical (unpaired) electrons. The molecule has 2 aromatic carbocycles. The van der Waals surface area contributed by atoms with Crippen LogP contribution in [0, 0.1) is 0 Å². The van der Waals surface area contributed by atoms with Gasteiger partial charge in [0, 0.05) is 16.7 Å². The zero-order valence-corrected chi connectivity index (χ0v) is 19.1. The van der Waals surface area contributed by atoms with Gasteiger partial charge in [-0.1, -0.05) is 49.4 Å². The summed E-state index contributed by atoms with van der Waals surface area (Å²) < 4.78 is 15.7. The number of aliphatic hydroxyl groups is 1. The highest BCUT2D eigenvalue weighted by Crippen LogP contribution is 2.58. The highest BCUT2D eigenvalue weighted by Gasteiger charge is 2.72. The summed E-state index contributed by atoms with van der Waals surface area (Å²) in [4.78, 5) is 36.4. The van der Waals surface area contributed by atoms with Gasteiger partial charge >= 0.3 is 5.97 Å². The van der Waals surface area contributed by atoms with Gasteiger partial charge in [-0.3, -0.25) is 9.59 Å². The lowest BCUT2D eigenvalue weighted by atomic mass is 9.82. The number of Topliss-reactive ketones (excluding diaryl/α,β-unsaturated/α-hetero) is 1. The van der Waals surface area contributed by atoms with E-state index >= 15 is 0 Å². The molecule has 0 spiro atoms. The summed E-state index contributed by atoms with van der Waals surface area (Å²) in [5.74, 6) is -3.66. The molecule has 9 heteroatoms. The largest absolute Gasteiger partial charge is 0.475 e. The number of para-hydroxylation sites is 1. The zero-order valence-electron chi connectivity index (χ0n) is 19.1. The molecular weight excluding hydrogens is 466 g/mol. The molecule has 3 heterocycles. The number of benzene rings is 2. The average molecular weight is 487 g/mol. The molecule has 1 aliphatic heterocycles. The second-order valence-electron chi connectivity index (χ2n) is 8.23. The number of hydrogen-bond donors (Lipinski definition) is 3. The molecular formula is C27H21NO8. The SMILES string of the molecule is CCc1cccc2c1OC1(O)c3ccccc3C(=O)C21NC(=O)c1ccco1.O=C(O)c1ccco1. The number of ether oxygens (including phenoxy) is 1. The third kappa shape index (κ3) is 3.24. The number of carbonyl (C=O) groups is 3. The molecule has 182 valence electrons. The molecule has 2 aromatic heterocycles. The van der Waals surface area contributed by atoms with Crippen molar-refractivity contribution in [2.24, 2.45) is 0 Å². The molecule has 2 unspecified atom stereocenters. The van der Waals surface area contributed by atoms with Crippen LogP contribution in [0.2, 0.25) is 0 Å².